The lowest BCUT2D eigenvalue weighted by atomic mass is 10.0. The van der Waals surface area contributed by atoms with Gasteiger partial charge in [0.05, 0.1) is 36.3 Å². The summed E-state index contributed by atoms with van der Waals surface area (Å²) in [6.45, 7) is -0.0864. The molecule has 0 saturated heterocycles. The van der Waals surface area contributed by atoms with E-state index in [4.69, 9.17) is 9.47 Å². The van der Waals surface area contributed by atoms with Crippen molar-refractivity contribution in [1.29, 1.82) is 5.26 Å². The predicted molar refractivity (Wildman–Crippen MR) is 125 cm³/mol. The summed E-state index contributed by atoms with van der Waals surface area (Å²) in [5.41, 5.74) is 2.63. The first-order valence-electron chi connectivity index (χ1n) is 10.5. The molecule has 0 aromatic heterocycles. The second-order valence-electron chi connectivity index (χ2n) is 7.48. The van der Waals surface area contributed by atoms with Gasteiger partial charge in [-0.25, -0.2) is 0 Å². The third-order valence-electron chi connectivity index (χ3n) is 5.35. The zero-order valence-electron chi connectivity index (χ0n) is 18.4. The molecule has 0 fully saturated rings. The van der Waals surface area contributed by atoms with Gasteiger partial charge in [-0.2, -0.15) is 5.26 Å². The van der Waals surface area contributed by atoms with Crippen molar-refractivity contribution >= 4 is 29.4 Å². The number of amides is 2. The summed E-state index contributed by atoms with van der Waals surface area (Å²) < 4.78 is 10.8. The maximum Gasteiger partial charge on any atom is 0.313 e. The minimum Gasteiger partial charge on any atom is -0.493 e. The summed E-state index contributed by atoms with van der Waals surface area (Å²) in [6.07, 6.45) is 1.55. The van der Waals surface area contributed by atoms with Gasteiger partial charge in [0.25, 0.3) is 11.8 Å². The van der Waals surface area contributed by atoms with Crippen LogP contribution in [0.2, 0.25) is 0 Å². The van der Waals surface area contributed by atoms with E-state index in [1.807, 2.05) is 30.3 Å². The number of fused-ring (bicyclic) bond motifs is 1. The Bertz CT molecular complexity index is 1300. The highest BCUT2D eigenvalue weighted by molar-refractivity contribution is 6.21. The molecule has 3 aromatic rings. The van der Waals surface area contributed by atoms with Crippen LogP contribution in [0.1, 0.15) is 38.3 Å². The van der Waals surface area contributed by atoms with Crippen molar-refractivity contribution < 1.29 is 23.9 Å². The van der Waals surface area contributed by atoms with E-state index in [2.05, 4.69) is 6.07 Å². The molecule has 4 rings (SSSR count). The molecule has 0 N–H and O–H groups in total. The van der Waals surface area contributed by atoms with E-state index in [1.165, 1.54) is 7.11 Å². The van der Waals surface area contributed by atoms with Crippen LogP contribution in [0.4, 0.5) is 0 Å². The number of ether oxygens (including phenoxy) is 2. The van der Waals surface area contributed by atoms with Crippen molar-refractivity contribution in [2.75, 3.05) is 13.7 Å². The minimum absolute atomic E-state index is 0.0864. The summed E-state index contributed by atoms with van der Waals surface area (Å²) in [4.78, 5) is 38.4. The summed E-state index contributed by atoms with van der Waals surface area (Å²) >= 11 is 0. The van der Waals surface area contributed by atoms with Crippen LogP contribution in [0.5, 0.6) is 11.5 Å². The van der Waals surface area contributed by atoms with Crippen molar-refractivity contribution in [3.8, 4) is 17.6 Å². The third kappa shape index (κ3) is 4.57. The largest absolute Gasteiger partial charge is 0.493 e. The van der Waals surface area contributed by atoms with E-state index in [0.717, 1.165) is 10.5 Å². The fraction of sp³-hybridized carbons (Fsp3) is 0.111. The lowest BCUT2D eigenvalue weighted by molar-refractivity contribution is -0.134. The van der Waals surface area contributed by atoms with E-state index in [1.54, 1.807) is 48.5 Å². The maximum absolute atomic E-state index is 12.4. The second kappa shape index (κ2) is 9.84. The molecule has 7 heteroatoms. The maximum atomic E-state index is 12.4. The molecular formula is C27H20N2O5. The molecule has 0 bridgehead atoms. The van der Waals surface area contributed by atoms with Crippen molar-refractivity contribution in [3.05, 3.63) is 95.1 Å². The van der Waals surface area contributed by atoms with E-state index >= 15 is 0 Å². The number of hydrogen-bond acceptors (Lipinski definition) is 6. The average molecular weight is 452 g/mol. The lowest BCUT2D eigenvalue weighted by Gasteiger charge is -2.14. The third-order valence-corrected chi connectivity index (χ3v) is 5.35. The van der Waals surface area contributed by atoms with Gasteiger partial charge >= 0.3 is 5.97 Å². The molecule has 0 saturated carbocycles. The van der Waals surface area contributed by atoms with Crippen molar-refractivity contribution in [2.24, 2.45) is 0 Å². The molecule has 34 heavy (non-hydrogen) atoms. The summed E-state index contributed by atoms with van der Waals surface area (Å²) in [6, 6.07) is 22.9. The summed E-state index contributed by atoms with van der Waals surface area (Å²) in [5.74, 6) is -0.943. The average Bonchev–Trinajstić information content (AvgIpc) is 3.12. The molecule has 0 radical (unpaired) electrons. The molecule has 0 spiro atoms. The summed E-state index contributed by atoms with van der Waals surface area (Å²) in [5, 5.41) is 9.51. The Balaban J connectivity index is 1.43. The zero-order valence-corrected chi connectivity index (χ0v) is 18.4. The van der Waals surface area contributed by atoms with Gasteiger partial charge in [0.15, 0.2) is 11.5 Å². The van der Waals surface area contributed by atoms with Gasteiger partial charge in [-0.1, -0.05) is 48.5 Å². The lowest BCUT2D eigenvalue weighted by Crippen LogP contribution is -2.32. The number of esters is 1. The molecule has 0 aliphatic carbocycles. The minimum atomic E-state index is -0.611. The Labute approximate surface area is 196 Å². The van der Waals surface area contributed by atoms with Gasteiger partial charge in [-0.15, -0.1) is 0 Å². The normalized spacial score (nSPS) is 12.8. The van der Waals surface area contributed by atoms with Crippen LogP contribution in [-0.2, 0) is 4.79 Å². The molecule has 1 aliphatic rings. The Hall–Kier alpha value is -4.70. The number of carbonyl (C=O) groups excluding carboxylic acids is 3. The van der Waals surface area contributed by atoms with E-state index < -0.39 is 17.8 Å². The SMILES string of the molecule is COc1cc(/C=C(/C#N)c2ccccc2)ccc1OC(=O)CCN1C(=O)c2ccccc2C1=O. The number of hydrogen-bond donors (Lipinski definition) is 0. The molecule has 0 atom stereocenters. The Morgan fingerprint density at radius 1 is 0.941 bits per heavy atom. The van der Waals surface area contributed by atoms with E-state index in [9.17, 15) is 19.6 Å². The predicted octanol–water partition coefficient (Wildman–Crippen LogP) is 4.35. The van der Waals surface area contributed by atoms with Crippen LogP contribution < -0.4 is 9.47 Å². The van der Waals surface area contributed by atoms with Gasteiger partial charge in [0.1, 0.15) is 0 Å². The molecule has 1 aliphatic heterocycles. The number of methoxy groups -OCH3 is 1. The van der Waals surface area contributed by atoms with E-state index in [-0.39, 0.29) is 18.7 Å². The first-order chi connectivity index (χ1) is 16.5. The fourth-order valence-electron chi connectivity index (χ4n) is 3.64. The smallest absolute Gasteiger partial charge is 0.313 e. The van der Waals surface area contributed by atoms with Crippen molar-refractivity contribution in [1.82, 2.24) is 4.90 Å². The molecule has 1 heterocycles. The number of rotatable bonds is 7. The van der Waals surface area contributed by atoms with Gasteiger partial charge in [-0.3, -0.25) is 19.3 Å². The van der Waals surface area contributed by atoms with Crippen LogP contribution in [-0.4, -0.2) is 36.3 Å². The molecular weight excluding hydrogens is 432 g/mol. The van der Waals surface area contributed by atoms with Crippen LogP contribution in [0.3, 0.4) is 0 Å². The number of allylic oxidation sites excluding steroid dienone is 1. The molecule has 7 nitrogen and oxygen atoms in total. The topological polar surface area (TPSA) is 96.7 Å². The van der Waals surface area contributed by atoms with E-state index in [0.29, 0.717) is 28.0 Å². The molecule has 2 amide bonds. The number of carbonyl (C=O) groups is 3. The Kier molecular flexibility index (Phi) is 6.51. The number of benzene rings is 3. The Morgan fingerprint density at radius 2 is 1.59 bits per heavy atom. The second-order valence-corrected chi connectivity index (χ2v) is 7.48. The highest BCUT2D eigenvalue weighted by Gasteiger charge is 2.35. The quantitative estimate of drug-likeness (QED) is 0.174. The van der Waals surface area contributed by atoms with Crippen LogP contribution in [0.25, 0.3) is 11.6 Å². The van der Waals surface area contributed by atoms with Gasteiger partial charge in [0.2, 0.25) is 0 Å². The van der Waals surface area contributed by atoms with Crippen molar-refractivity contribution in [2.45, 2.75) is 6.42 Å². The van der Waals surface area contributed by atoms with Crippen LogP contribution >= 0.6 is 0 Å². The Morgan fingerprint density at radius 3 is 2.21 bits per heavy atom. The highest BCUT2D eigenvalue weighted by Crippen LogP contribution is 2.30. The monoisotopic (exact) mass is 452 g/mol. The van der Waals surface area contributed by atoms with Gasteiger partial charge in [-0.05, 0) is 41.5 Å². The fourth-order valence-corrected chi connectivity index (χ4v) is 3.64. The number of nitriles is 1. The van der Waals surface area contributed by atoms with Crippen molar-refractivity contribution in [3.63, 3.8) is 0 Å². The van der Waals surface area contributed by atoms with Crippen LogP contribution in [0.15, 0.2) is 72.8 Å². The molecule has 168 valence electrons. The first kappa shape index (κ1) is 22.5. The first-order valence-corrected chi connectivity index (χ1v) is 10.5. The van der Waals surface area contributed by atoms with Crippen LogP contribution in [0, 0.1) is 11.3 Å². The molecule has 0 unspecified atom stereocenters. The van der Waals surface area contributed by atoms with Gasteiger partial charge < -0.3 is 9.47 Å². The highest BCUT2D eigenvalue weighted by atomic mass is 16.6. The standard InChI is InChI=1S/C27H20N2O5/c1-33-24-16-18(15-20(17-28)19-7-3-2-4-8-19)11-12-23(24)34-25(30)13-14-29-26(31)21-9-5-6-10-22(21)27(29)32/h2-12,15-16H,13-14H2,1H3/b20-15-. The number of imide groups is 1. The number of nitrogens with zero attached hydrogens (tertiary/aromatic N) is 2. The summed E-state index contributed by atoms with van der Waals surface area (Å²) in [7, 11) is 1.45. The zero-order chi connectivity index (χ0) is 24.1. The van der Waals surface area contributed by atoms with Gasteiger partial charge in [0, 0.05) is 6.54 Å². The molecule has 3 aromatic carbocycles.